The zero-order valence-electron chi connectivity index (χ0n) is 13.2. The van der Waals surface area contributed by atoms with E-state index < -0.39 is 0 Å². The van der Waals surface area contributed by atoms with Crippen molar-refractivity contribution in [2.45, 2.75) is 25.3 Å². The van der Waals surface area contributed by atoms with Crippen LogP contribution in [0.15, 0.2) is 35.4 Å². The van der Waals surface area contributed by atoms with Crippen LogP contribution < -0.4 is 0 Å². The topological polar surface area (TPSA) is 73.3 Å². The van der Waals surface area contributed by atoms with Gasteiger partial charge in [0.25, 0.3) is 11.8 Å². The highest BCUT2D eigenvalue weighted by molar-refractivity contribution is 6.07. The summed E-state index contributed by atoms with van der Waals surface area (Å²) in [5, 5.41) is 5.73. The molecule has 2 fully saturated rings. The minimum Gasteiger partial charge on any atom is -0.312 e. The Labute approximate surface area is 139 Å². The molecule has 0 aromatic heterocycles. The molecule has 1 aromatic rings. The van der Waals surface area contributed by atoms with E-state index in [0.29, 0.717) is 25.9 Å². The average molecular weight is 326 g/mol. The van der Waals surface area contributed by atoms with Crippen LogP contribution >= 0.6 is 0 Å². The predicted molar refractivity (Wildman–Crippen MR) is 86.1 cm³/mol. The molecule has 124 valence electrons. The molecule has 24 heavy (non-hydrogen) atoms. The zero-order valence-corrected chi connectivity index (χ0v) is 13.2. The molecule has 3 aliphatic heterocycles. The molecule has 0 saturated carbocycles. The van der Waals surface area contributed by atoms with Gasteiger partial charge in [-0.05, 0) is 18.4 Å². The first-order valence-corrected chi connectivity index (χ1v) is 8.20. The quantitative estimate of drug-likeness (QED) is 0.779. The Bertz CT molecular complexity index is 709. The molecule has 1 aromatic carbocycles. The Balaban J connectivity index is 1.45. The van der Waals surface area contributed by atoms with Crippen molar-refractivity contribution in [3.05, 3.63) is 35.9 Å². The largest absolute Gasteiger partial charge is 0.327 e. The molecular weight excluding hydrogens is 308 g/mol. The van der Waals surface area contributed by atoms with E-state index in [0.717, 1.165) is 22.6 Å². The van der Waals surface area contributed by atoms with Crippen molar-refractivity contribution in [1.29, 1.82) is 0 Å². The van der Waals surface area contributed by atoms with Crippen LogP contribution in [-0.4, -0.2) is 64.0 Å². The summed E-state index contributed by atoms with van der Waals surface area (Å²) in [5.41, 5.74) is 1.84. The van der Waals surface area contributed by atoms with Crippen molar-refractivity contribution in [3.63, 3.8) is 0 Å². The number of carbonyl (C=O) groups is 3. The molecule has 0 N–H and O–H groups in total. The van der Waals surface area contributed by atoms with E-state index in [1.54, 1.807) is 4.90 Å². The zero-order chi connectivity index (χ0) is 16.7. The molecule has 0 spiro atoms. The lowest BCUT2D eigenvalue weighted by molar-refractivity contribution is -0.137. The molecular formula is C17H18N4O3. The average Bonchev–Trinajstić information content (AvgIpc) is 3.31. The maximum atomic E-state index is 12.4. The summed E-state index contributed by atoms with van der Waals surface area (Å²) in [6, 6.07) is 8.98. The van der Waals surface area contributed by atoms with Gasteiger partial charge in [-0.1, -0.05) is 30.3 Å². The third-order valence-electron chi connectivity index (χ3n) is 4.77. The highest BCUT2D eigenvalue weighted by atomic mass is 16.2. The molecule has 0 radical (unpaired) electrons. The number of benzene rings is 1. The molecule has 0 aliphatic carbocycles. The lowest BCUT2D eigenvalue weighted by Gasteiger charge is -2.17. The molecule has 3 aliphatic rings. The van der Waals surface area contributed by atoms with Gasteiger partial charge >= 0.3 is 6.03 Å². The fourth-order valence-electron chi connectivity index (χ4n) is 3.51. The standard InChI is InChI=1S/C17H18N4O3/c22-15(11-20-16(23)14-7-4-9-19(14)17(20)24)21-10-8-13(18-21)12-5-2-1-3-6-12/h1-3,5-6,14H,4,7-11H2/t14-/m0/s1. The lowest BCUT2D eigenvalue weighted by Crippen LogP contribution is -2.41. The molecule has 7 nitrogen and oxygen atoms in total. The van der Waals surface area contributed by atoms with E-state index >= 15 is 0 Å². The van der Waals surface area contributed by atoms with Crippen LogP contribution in [0.4, 0.5) is 4.79 Å². The number of carbonyl (C=O) groups excluding carboxylic acids is 3. The number of fused-ring (bicyclic) bond motifs is 1. The number of rotatable bonds is 3. The van der Waals surface area contributed by atoms with Gasteiger partial charge in [0.1, 0.15) is 12.6 Å². The summed E-state index contributed by atoms with van der Waals surface area (Å²) >= 11 is 0. The number of hydrogen-bond acceptors (Lipinski definition) is 4. The van der Waals surface area contributed by atoms with Crippen LogP contribution in [0.5, 0.6) is 0 Å². The van der Waals surface area contributed by atoms with Crippen molar-refractivity contribution in [3.8, 4) is 0 Å². The van der Waals surface area contributed by atoms with E-state index in [-0.39, 0.29) is 30.4 Å². The molecule has 4 rings (SSSR count). The van der Waals surface area contributed by atoms with Crippen LogP contribution in [0.2, 0.25) is 0 Å². The first kappa shape index (κ1) is 14.9. The molecule has 1 atom stereocenters. The minimum absolute atomic E-state index is 0.226. The SMILES string of the molecule is O=C(CN1C(=O)[C@@H]2CCCN2C1=O)N1CCC(c2ccccc2)=N1. The summed E-state index contributed by atoms with van der Waals surface area (Å²) in [6.07, 6.45) is 2.21. The number of hydrazone groups is 1. The summed E-state index contributed by atoms with van der Waals surface area (Å²) in [7, 11) is 0. The fourth-order valence-corrected chi connectivity index (χ4v) is 3.51. The summed E-state index contributed by atoms with van der Waals surface area (Å²) < 4.78 is 0. The maximum Gasteiger partial charge on any atom is 0.327 e. The second-order valence-electron chi connectivity index (χ2n) is 6.24. The number of imide groups is 1. The molecule has 0 unspecified atom stereocenters. The van der Waals surface area contributed by atoms with Crippen LogP contribution in [-0.2, 0) is 9.59 Å². The van der Waals surface area contributed by atoms with Crippen LogP contribution in [0.3, 0.4) is 0 Å². The number of nitrogens with zero attached hydrogens (tertiary/aromatic N) is 4. The van der Waals surface area contributed by atoms with Gasteiger partial charge < -0.3 is 4.90 Å². The Kier molecular flexibility index (Phi) is 3.55. The van der Waals surface area contributed by atoms with Crippen LogP contribution in [0.25, 0.3) is 0 Å². The normalized spacial score (nSPS) is 23.1. The third kappa shape index (κ3) is 2.36. The maximum absolute atomic E-state index is 12.4. The van der Waals surface area contributed by atoms with E-state index in [1.807, 2.05) is 30.3 Å². The second kappa shape index (κ2) is 5.74. The van der Waals surface area contributed by atoms with Gasteiger partial charge in [-0.15, -0.1) is 0 Å². The van der Waals surface area contributed by atoms with Gasteiger partial charge in [-0.2, -0.15) is 5.10 Å². The van der Waals surface area contributed by atoms with Crippen LogP contribution in [0.1, 0.15) is 24.8 Å². The third-order valence-corrected chi connectivity index (χ3v) is 4.77. The van der Waals surface area contributed by atoms with E-state index in [1.165, 1.54) is 5.01 Å². The summed E-state index contributed by atoms with van der Waals surface area (Å²) in [4.78, 5) is 39.6. The van der Waals surface area contributed by atoms with Crippen molar-refractivity contribution < 1.29 is 14.4 Å². The first-order valence-electron chi connectivity index (χ1n) is 8.20. The molecule has 7 heteroatoms. The number of amides is 4. The van der Waals surface area contributed by atoms with Gasteiger partial charge in [0.2, 0.25) is 0 Å². The highest BCUT2D eigenvalue weighted by Crippen LogP contribution is 2.27. The molecule has 0 bridgehead atoms. The van der Waals surface area contributed by atoms with E-state index in [4.69, 9.17) is 0 Å². The first-order chi connectivity index (χ1) is 11.6. The molecule has 4 amide bonds. The van der Waals surface area contributed by atoms with Crippen molar-refractivity contribution in [1.82, 2.24) is 14.8 Å². The summed E-state index contributed by atoms with van der Waals surface area (Å²) in [5.74, 6) is -0.568. The number of hydrogen-bond donors (Lipinski definition) is 0. The van der Waals surface area contributed by atoms with Gasteiger partial charge in [-0.3, -0.25) is 14.5 Å². The van der Waals surface area contributed by atoms with Crippen molar-refractivity contribution >= 4 is 23.6 Å². The van der Waals surface area contributed by atoms with Gasteiger partial charge in [0.15, 0.2) is 0 Å². The Morgan fingerprint density at radius 2 is 1.96 bits per heavy atom. The van der Waals surface area contributed by atoms with Gasteiger partial charge in [0.05, 0.1) is 12.3 Å². The molecule has 2 saturated heterocycles. The van der Waals surface area contributed by atoms with Crippen molar-refractivity contribution in [2.75, 3.05) is 19.6 Å². The van der Waals surface area contributed by atoms with Gasteiger partial charge in [-0.25, -0.2) is 9.80 Å². The fraction of sp³-hybridized carbons (Fsp3) is 0.412. The second-order valence-corrected chi connectivity index (χ2v) is 6.24. The lowest BCUT2D eigenvalue weighted by atomic mass is 10.1. The van der Waals surface area contributed by atoms with E-state index in [9.17, 15) is 14.4 Å². The Morgan fingerprint density at radius 1 is 1.17 bits per heavy atom. The van der Waals surface area contributed by atoms with E-state index in [2.05, 4.69) is 5.10 Å². The van der Waals surface area contributed by atoms with Gasteiger partial charge in [0, 0.05) is 13.0 Å². The summed E-state index contributed by atoms with van der Waals surface area (Å²) in [6.45, 7) is 0.850. The number of urea groups is 1. The minimum atomic E-state index is -0.368. The highest BCUT2D eigenvalue weighted by Gasteiger charge is 2.48. The molecule has 3 heterocycles. The predicted octanol–water partition coefficient (Wildman–Crippen LogP) is 1.05. The van der Waals surface area contributed by atoms with Crippen molar-refractivity contribution in [2.24, 2.45) is 5.10 Å². The monoisotopic (exact) mass is 326 g/mol. The Hall–Kier alpha value is -2.70. The van der Waals surface area contributed by atoms with Crippen LogP contribution in [0, 0.1) is 0 Å². The Morgan fingerprint density at radius 3 is 2.71 bits per heavy atom. The smallest absolute Gasteiger partial charge is 0.312 e.